The van der Waals surface area contributed by atoms with Crippen molar-refractivity contribution in [3.05, 3.63) is 65.7 Å². The SMILES string of the molecule is C/C=C/c1ccc(OC(C)C)c(OCc2ccccc2)c1. The van der Waals surface area contributed by atoms with E-state index in [0.29, 0.717) is 6.61 Å². The Morgan fingerprint density at radius 2 is 1.76 bits per heavy atom. The van der Waals surface area contributed by atoms with E-state index in [9.17, 15) is 0 Å². The highest BCUT2D eigenvalue weighted by Crippen LogP contribution is 2.30. The monoisotopic (exact) mass is 282 g/mol. The van der Waals surface area contributed by atoms with E-state index in [0.717, 1.165) is 22.6 Å². The zero-order valence-corrected chi connectivity index (χ0v) is 12.9. The largest absolute Gasteiger partial charge is 0.487 e. The van der Waals surface area contributed by atoms with Crippen LogP contribution in [0.1, 0.15) is 31.9 Å². The van der Waals surface area contributed by atoms with Gasteiger partial charge in [-0.05, 0) is 44.0 Å². The number of rotatable bonds is 6. The molecule has 0 unspecified atom stereocenters. The predicted molar refractivity (Wildman–Crippen MR) is 87.7 cm³/mol. The zero-order valence-electron chi connectivity index (χ0n) is 12.9. The summed E-state index contributed by atoms with van der Waals surface area (Å²) in [4.78, 5) is 0. The van der Waals surface area contributed by atoms with Gasteiger partial charge in [-0.3, -0.25) is 0 Å². The molecular weight excluding hydrogens is 260 g/mol. The van der Waals surface area contributed by atoms with Crippen molar-refractivity contribution in [3.8, 4) is 11.5 Å². The van der Waals surface area contributed by atoms with Gasteiger partial charge in [0.05, 0.1) is 6.10 Å². The molecule has 0 spiro atoms. The van der Waals surface area contributed by atoms with Gasteiger partial charge in [0.2, 0.25) is 0 Å². The molecule has 0 fully saturated rings. The summed E-state index contributed by atoms with van der Waals surface area (Å²) >= 11 is 0. The smallest absolute Gasteiger partial charge is 0.162 e. The van der Waals surface area contributed by atoms with Gasteiger partial charge in [-0.2, -0.15) is 0 Å². The van der Waals surface area contributed by atoms with E-state index in [1.54, 1.807) is 0 Å². The van der Waals surface area contributed by atoms with Gasteiger partial charge in [0.15, 0.2) is 11.5 Å². The Morgan fingerprint density at radius 1 is 1.00 bits per heavy atom. The van der Waals surface area contributed by atoms with Gasteiger partial charge < -0.3 is 9.47 Å². The van der Waals surface area contributed by atoms with Crippen molar-refractivity contribution in [1.29, 1.82) is 0 Å². The third kappa shape index (κ3) is 4.67. The van der Waals surface area contributed by atoms with Crippen LogP contribution in [0.5, 0.6) is 11.5 Å². The Kier molecular flexibility index (Phi) is 5.44. The van der Waals surface area contributed by atoms with Crippen LogP contribution < -0.4 is 9.47 Å². The molecule has 0 saturated heterocycles. The van der Waals surface area contributed by atoms with Crippen LogP contribution in [0.25, 0.3) is 6.08 Å². The summed E-state index contributed by atoms with van der Waals surface area (Å²) < 4.78 is 11.8. The molecule has 2 heteroatoms. The predicted octanol–water partition coefficient (Wildman–Crippen LogP) is 5.09. The molecule has 2 rings (SSSR count). The zero-order chi connectivity index (χ0) is 15.1. The summed E-state index contributed by atoms with van der Waals surface area (Å²) in [5, 5.41) is 0. The molecule has 0 aliphatic carbocycles. The van der Waals surface area contributed by atoms with Crippen LogP contribution in [-0.4, -0.2) is 6.10 Å². The number of benzene rings is 2. The molecule has 21 heavy (non-hydrogen) atoms. The van der Waals surface area contributed by atoms with Crippen LogP contribution in [0.4, 0.5) is 0 Å². The lowest BCUT2D eigenvalue weighted by molar-refractivity contribution is 0.218. The van der Waals surface area contributed by atoms with E-state index in [1.807, 2.05) is 63.2 Å². The normalized spacial score (nSPS) is 11.0. The fraction of sp³-hybridized carbons (Fsp3) is 0.263. The fourth-order valence-electron chi connectivity index (χ4n) is 2.02. The van der Waals surface area contributed by atoms with Gasteiger partial charge in [0, 0.05) is 0 Å². The number of allylic oxidation sites excluding steroid dienone is 1. The summed E-state index contributed by atoms with van der Waals surface area (Å²) in [6.45, 7) is 6.57. The van der Waals surface area contributed by atoms with Crippen LogP contribution in [-0.2, 0) is 6.61 Å². The molecule has 0 saturated carbocycles. The fourth-order valence-corrected chi connectivity index (χ4v) is 2.02. The van der Waals surface area contributed by atoms with Crippen molar-refractivity contribution in [2.75, 3.05) is 0 Å². The third-order valence-electron chi connectivity index (χ3n) is 2.93. The minimum absolute atomic E-state index is 0.122. The second kappa shape index (κ2) is 7.53. The first-order chi connectivity index (χ1) is 10.2. The highest BCUT2D eigenvalue weighted by molar-refractivity contribution is 5.55. The second-order valence-electron chi connectivity index (χ2n) is 5.15. The molecular formula is C19H22O2. The summed E-state index contributed by atoms with van der Waals surface area (Å²) in [5.41, 5.74) is 2.25. The van der Waals surface area contributed by atoms with Crippen molar-refractivity contribution in [3.63, 3.8) is 0 Å². The standard InChI is InChI=1S/C19H22O2/c1-4-8-16-11-12-18(21-15(2)3)19(13-16)20-14-17-9-6-5-7-10-17/h4-13,15H,14H2,1-3H3/b8-4+. The van der Waals surface area contributed by atoms with Gasteiger partial charge in [-0.1, -0.05) is 48.6 Å². The van der Waals surface area contributed by atoms with E-state index >= 15 is 0 Å². The molecule has 2 aromatic rings. The van der Waals surface area contributed by atoms with Crippen molar-refractivity contribution in [2.24, 2.45) is 0 Å². The topological polar surface area (TPSA) is 18.5 Å². The van der Waals surface area contributed by atoms with E-state index < -0.39 is 0 Å². The number of hydrogen-bond donors (Lipinski definition) is 0. The van der Waals surface area contributed by atoms with Gasteiger partial charge in [0.25, 0.3) is 0 Å². The van der Waals surface area contributed by atoms with Crippen LogP contribution in [0.15, 0.2) is 54.6 Å². The minimum atomic E-state index is 0.122. The maximum absolute atomic E-state index is 5.95. The quantitative estimate of drug-likeness (QED) is 0.735. The lowest BCUT2D eigenvalue weighted by Crippen LogP contribution is -2.07. The summed E-state index contributed by atoms with van der Waals surface area (Å²) in [7, 11) is 0. The molecule has 0 heterocycles. The average Bonchev–Trinajstić information content (AvgIpc) is 2.48. The van der Waals surface area contributed by atoms with E-state index in [2.05, 4.69) is 18.2 Å². The molecule has 2 nitrogen and oxygen atoms in total. The molecule has 0 bridgehead atoms. The summed E-state index contributed by atoms with van der Waals surface area (Å²) in [5.74, 6) is 1.57. The average molecular weight is 282 g/mol. The minimum Gasteiger partial charge on any atom is -0.487 e. The summed E-state index contributed by atoms with van der Waals surface area (Å²) in [6, 6.07) is 16.2. The van der Waals surface area contributed by atoms with Gasteiger partial charge >= 0.3 is 0 Å². The van der Waals surface area contributed by atoms with Crippen LogP contribution >= 0.6 is 0 Å². The third-order valence-corrected chi connectivity index (χ3v) is 2.93. The van der Waals surface area contributed by atoms with Crippen LogP contribution in [0, 0.1) is 0 Å². The molecule has 110 valence electrons. The highest BCUT2D eigenvalue weighted by Gasteiger charge is 2.08. The molecule has 0 amide bonds. The number of hydrogen-bond acceptors (Lipinski definition) is 2. The highest BCUT2D eigenvalue weighted by atomic mass is 16.5. The first-order valence-corrected chi connectivity index (χ1v) is 7.29. The first kappa shape index (κ1) is 15.2. The van der Waals surface area contributed by atoms with E-state index in [4.69, 9.17) is 9.47 Å². The second-order valence-corrected chi connectivity index (χ2v) is 5.15. The van der Waals surface area contributed by atoms with Crippen LogP contribution in [0.2, 0.25) is 0 Å². The lowest BCUT2D eigenvalue weighted by Gasteiger charge is -2.15. The molecule has 2 aromatic carbocycles. The summed E-state index contributed by atoms with van der Waals surface area (Å²) in [6.07, 6.45) is 4.19. The van der Waals surface area contributed by atoms with E-state index in [1.165, 1.54) is 0 Å². The Labute approximate surface area is 127 Å². The molecule has 0 N–H and O–H groups in total. The Bertz CT molecular complexity index is 586. The van der Waals surface area contributed by atoms with Crippen molar-refractivity contribution >= 4 is 6.08 Å². The van der Waals surface area contributed by atoms with Crippen LogP contribution in [0.3, 0.4) is 0 Å². The van der Waals surface area contributed by atoms with Gasteiger partial charge in [-0.25, -0.2) is 0 Å². The Hall–Kier alpha value is -2.22. The molecule has 0 atom stereocenters. The first-order valence-electron chi connectivity index (χ1n) is 7.29. The van der Waals surface area contributed by atoms with Crippen molar-refractivity contribution in [2.45, 2.75) is 33.5 Å². The lowest BCUT2D eigenvalue weighted by atomic mass is 10.2. The molecule has 0 aliphatic heterocycles. The molecule has 0 aliphatic rings. The van der Waals surface area contributed by atoms with E-state index in [-0.39, 0.29) is 6.10 Å². The molecule has 0 aromatic heterocycles. The Balaban J connectivity index is 2.19. The number of ether oxygens (including phenoxy) is 2. The van der Waals surface area contributed by atoms with Crippen molar-refractivity contribution in [1.82, 2.24) is 0 Å². The van der Waals surface area contributed by atoms with Crippen molar-refractivity contribution < 1.29 is 9.47 Å². The van der Waals surface area contributed by atoms with Gasteiger partial charge in [-0.15, -0.1) is 0 Å². The van der Waals surface area contributed by atoms with Gasteiger partial charge in [0.1, 0.15) is 6.61 Å². The maximum Gasteiger partial charge on any atom is 0.162 e. The molecule has 0 radical (unpaired) electrons. The Morgan fingerprint density at radius 3 is 2.43 bits per heavy atom. The maximum atomic E-state index is 5.95.